The summed E-state index contributed by atoms with van der Waals surface area (Å²) in [6.45, 7) is 5.08. The Morgan fingerprint density at radius 2 is 2.33 bits per heavy atom. The van der Waals surface area contributed by atoms with E-state index in [1.807, 2.05) is 0 Å². The molecule has 0 bridgehead atoms. The Bertz CT molecular complexity index is 115. The van der Waals surface area contributed by atoms with Crippen LogP contribution in [0.3, 0.4) is 0 Å². The van der Waals surface area contributed by atoms with Crippen LogP contribution in [0.4, 0.5) is 0 Å². The van der Waals surface area contributed by atoms with Crippen molar-refractivity contribution < 1.29 is 0 Å². The van der Waals surface area contributed by atoms with Crippen LogP contribution >= 0.6 is 0 Å². The molecule has 3 heteroatoms. The number of rotatable bonds is 2. The molecule has 1 aliphatic rings. The van der Waals surface area contributed by atoms with Gasteiger partial charge in [0.15, 0.2) is 0 Å². The van der Waals surface area contributed by atoms with Gasteiger partial charge < -0.3 is 5.73 Å². The minimum absolute atomic E-state index is 0.280. The lowest BCUT2D eigenvalue weighted by Gasteiger charge is -2.36. The molecule has 1 rings (SSSR count). The summed E-state index contributed by atoms with van der Waals surface area (Å²) in [6.07, 6.45) is 0. The molecule has 9 heavy (non-hydrogen) atoms. The number of nitrogens with two attached hydrogens (primary N) is 1. The quantitative estimate of drug-likeness (QED) is 0.401. The van der Waals surface area contributed by atoms with E-state index in [2.05, 4.69) is 11.8 Å². The van der Waals surface area contributed by atoms with Crippen molar-refractivity contribution >= 4 is 5.84 Å². The zero-order chi connectivity index (χ0) is 6.85. The van der Waals surface area contributed by atoms with E-state index in [1.165, 1.54) is 0 Å². The SMILES string of the molecule is CC1CN(CC(=N)N)C1. The average molecular weight is 127 g/mol. The molecule has 0 radical (unpaired) electrons. The van der Waals surface area contributed by atoms with E-state index in [4.69, 9.17) is 11.1 Å². The van der Waals surface area contributed by atoms with Crippen molar-refractivity contribution in [2.45, 2.75) is 6.92 Å². The van der Waals surface area contributed by atoms with Gasteiger partial charge in [-0.25, -0.2) is 0 Å². The first-order valence-electron chi connectivity index (χ1n) is 3.23. The van der Waals surface area contributed by atoms with E-state index in [9.17, 15) is 0 Å². The number of hydrogen-bond donors (Lipinski definition) is 2. The molecular weight excluding hydrogens is 114 g/mol. The van der Waals surface area contributed by atoms with Gasteiger partial charge in [-0.05, 0) is 5.92 Å². The third kappa shape index (κ3) is 1.68. The molecule has 1 aliphatic heterocycles. The summed E-state index contributed by atoms with van der Waals surface area (Å²) in [5.41, 5.74) is 5.19. The van der Waals surface area contributed by atoms with Gasteiger partial charge in [0.2, 0.25) is 0 Å². The second-order valence-corrected chi connectivity index (χ2v) is 2.82. The molecule has 3 N–H and O–H groups in total. The summed E-state index contributed by atoms with van der Waals surface area (Å²) in [4.78, 5) is 2.17. The minimum Gasteiger partial charge on any atom is -0.387 e. The average Bonchev–Trinajstić information content (AvgIpc) is 1.60. The van der Waals surface area contributed by atoms with Crippen LogP contribution in [0.1, 0.15) is 6.92 Å². The molecular formula is C6H13N3. The van der Waals surface area contributed by atoms with Crippen molar-refractivity contribution in [3.63, 3.8) is 0 Å². The zero-order valence-electron chi connectivity index (χ0n) is 5.72. The third-order valence-corrected chi connectivity index (χ3v) is 1.53. The Balaban J connectivity index is 2.11. The Kier molecular flexibility index (Phi) is 1.71. The highest BCUT2D eigenvalue weighted by atomic mass is 15.2. The molecule has 1 fully saturated rings. The molecule has 1 saturated heterocycles. The highest BCUT2D eigenvalue weighted by Crippen LogP contribution is 2.12. The Labute approximate surface area is 55.3 Å². The summed E-state index contributed by atoms with van der Waals surface area (Å²) < 4.78 is 0. The van der Waals surface area contributed by atoms with Gasteiger partial charge in [0, 0.05) is 13.1 Å². The normalized spacial score (nSPS) is 21.4. The molecule has 0 atom stereocenters. The van der Waals surface area contributed by atoms with E-state index in [-0.39, 0.29) is 5.84 Å². The van der Waals surface area contributed by atoms with E-state index < -0.39 is 0 Å². The van der Waals surface area contributed by atoms with Gasteiger partial charge in [0.05, 0.1) is 6.54 Å². The molecule has 3 nitrogen and oxygen atoms in total. The van der Waals surface area contributed by atoms with Crippen LogP contribution in [0.2, 0.25) is 0 Å². The first-order valence-corrected chi connectivity index (χ1v) is 3.23. The van der Waals surface area contributed by atoms with Crippen LogP contribution in [-0.2, 0) is 0 Å². The number of amidine groups is 1. The monoisotopic (exact) mass is 127 g/mol. The molecule has 0 aromatic carbocycles. The van der Waals surface area contributed by atoms with Crippen LogP contribution in [-0.4, -0.2) is 30.4 Å². The lowest BCUT2D eigenvalue weighted by Crippen LogP contribution is -2.48. The Hall–Kier alpha value is -0.570. The number of hydrogen-bond acceptors (Lipinski definition) is 2. The number of nitrogens with one attached hydrogen (secondary N) is 1. The lowest BCUT2D eigenvalue weighted by atomic mass is 10.0. The van der Waals surface area contributed by atoms with Crippen molar-refractivity contribution in [1.29, 1.82) is 5.41 Å². The second kappa shape index (κ2) is 2.35. The molecule has 0 amide bonds. The molecule has 0 aromatic rings. The predicted octanol–water partition coefficient (Wildman–Crippen LogP) is -0.126. The highest BCUT2D eigenvalue weighted by molar-refractivity contribution is 5.79. The maximum Gasteiger partial charge on any atom is 0.105 e. The maximum atomic E-state index is 6.96. The van der Waals surface area contributed by atoms with Gasteiger partial charge in [0.1, 0.15) is 5.84 Å². The van der Waals surface area contributed by atoms with Crippen molar-refractivity contribution in [2.24, 2.45) is 11.7 Å². The van der Waals surface area contributed by atoms with Crippen LogP contribution in [0.15, 0.2) is 0 Å². The van der Waals surface area contributed by atoms with Crippen LogP contribution < -0.4 is 5.73 Å². The Morgan fingerprint density at radius 1 is 1.78 bits per heavy atom. The lowest BCUT2D eigenvalue weighted by molar-refractivity contribution is 0.134. The van der Waals surface area contributed by atoms with Gasteiger partial charge >= 0.3 is 0 Å². The first kappa shape index (κ1) is 6.55. The van der Waals surface area contributed by atoms with E-state index in [0.29, 0.717) is 6.54 Å². The Morgan fingerprint density at radius 3 is 2.67 bits per heavy atom. The molecule has 0 unspecified atom stereocenters. The highest BCUT2D eigenvalue weighted by Gasteiger charge is 2.21. The van der Waals surface area contributed by atoms with E-state index in [1.54, 1.807) is 0 Å². The van der Waals surface area contributed by atoms with Gasteiger partial charge in [0.25, 0.3) is 0 Å². The molecule has 0 aliphatic carbocycles. The topological polar surface area (TPSA) is 53.1 Å². The van der Waals surface area contributed by atoms with Crippen LogP contribution in [0.25, 0.3) is 0 Å². The summed E-state index contributed by atoms with van der Waals surface area (Å²) in [7, 11) is 0. The molecule has 0 spiro atoms. The molecule has 1 heterocycles. The van der Waals surface area contributed by atoms with Gasteiger partial charge in [-0.15, -0.1) is 0 Å². The van der Waals surface area contributed by atoms with Crippen LogP contribution in [0.5, 0.6) is 0 Å². The second-order valence-electron chi connectivity index (χ2n) is 2.82. The molecule has 52 valence electrons. The van der Waals surface area contributed by atoms with Gasteiger partial charge in [-0.3, -0.25) is 10.3 Å². The van der Waals surface area contributed by atoms with E-state index >= 15 is 0 Å². The predicted molar refractivity (Wildman–Crippen MR) is 37.5 cm³/mol. The van der Waals surface area contributed by atoms with Crippen LogP contribution in [0, 0.1) is 11.3 Å². The van der Waals surface area contributed by atoms with Crippen molar-refractivity contribution in [2.75, 3.05) is 19.6 Å². The summed E-state index contributed by atoms with van der Waals surface area (Å²) in [6, 6.07) is 0. The number of likely N-dealkylation sites (tertiary alicyclic amines) is 1. The fraction of sp³-hybridized carbons (Fsp3) is 0.833. The summed E-state index contributed by atoms with van der Waals surface area (Å²) in [5, 5.41) is 6.96. The fourth-order valence-electron chi connectivity index (χ4n) is 1.20. The largest absolute Gasteiger partial charge is 0.387 e. The van der Waals surface area contributed by atoms with Crippen molar-refractivity contribution in [3.8, 4) is 0 Å². The first-order chi connectivity index (χ1) is 4.18. The third-order valence-electron chi connectivity index (χ3n) is 1.53. The summed E-state index contributed by atoms with van der Waals surface area (Å²) >= 11 is 0. The zero-order valence-corrected chi connectivity index (χ0v) is 5.72. The maximum absolute atomic E-state index is 6.96. The standard InChI is InChI=1S/C6H13N3/c1-5-2-9(3-5)4-6(7)8/h5H,2-4H2,1H3,(H3,7,8). The summed E-state index contributed by atoms with van der Waals surface area (Å²) in [5.74, 6) is 1.09. The van der Waals surface area contributed by atoms with Crippen molar-refractivity contribution in [1.82, 2.24) is 4.90 Å². The fourth-order valence-corrected chi connectivity index (χ4v) is 1.20. The molecule has 0 aromatic heterocycles. The van der Waals surface area contributed by atoms with E-state index in [0.717, 1.165) is 19.0 Å². The number of nitrogens with zero attached hydrogens (tertiary/aromatic N) is 1. The molecule has 0 saturated carbocycles. The van der Waals surface area contributed by atoms with Gasteiger partial charge in [-0.1, -0.05) is 6.92 Å². The smallest absolute Gasteiger partial charge is 0.105 e. The van der Waals surface area contributed by atoms with Crippen molar-refractivity contribution in [3.05, 3.63) is 0 Å². The minimum atomic E-state index is 0.280. The van der Waals surface area contributed by atoms with Gasteiger partial charge in [-0.2, -0.15) is 0 Å².